The molecule has 1 aliphatic rings. The summed E-state index contributed by atoms with van der Waals surface area (Å²) in [6.45, 7) is 2.93. The lowest BCUT2D eigenvalue weighted by Crippen LogP contribution is -2.05. The molecule has 0 atom stereocenters. The molecule has 0 saturated carbocycles. The number of nitrogens with zero attached hydrogens (tertiary/aromatic N) is 2. The SMILES string of the molecule is Cc1cc(Cl)ccc1-n1nc(-c2ccc(Cl)c(Cl)c2)c2c1NCC2. The summed E-state index contributed by atoms with van der Waals surface area (Å²) in [5.74, 6) is 1.03. The van der Waals surface area contributed by atoms with Gasteiger partial charge in [-0.2, -0.15) is 5.10 Å². The van der Waals surface area contributed by atoms with Gasteiger partial charge < -0.3 is 5.32 Å². The molecule has 0 aliphatic carbocycles. The number of fused-ring (bicyclic) bond motifs is 1. The van der Waals surface area contributed by atoms with Crippen LogP contribution in [0.1, 0.15) is 11.1 Å². The number of anilines is 1. The standard InChI is InChI=1S/C18H14Cl3N3/c1-10-8-12(19)3-5-16(10)24-18-13(6-7-22-18)17(23-24)11-2-4-14(20)15(21)9-11/h2-5,8-9,22H,6-7H2,1H3. The molecule has 1 aliphatic heterocycles. The van der Waals surface area contributed by atoms with Crippen molar-refractivity contribution < 1.29 is 0 Å². The second-order valence-corrected chi connectivity index (χ2v) is 7.07. The van der Waals surface area contributed by atoms with Crippen molar-refractivity contribution in [3.05, 3.63) is 62.6 Å². The topological polar surface area (TPSA) is 29.9 Å². The van der Waals surface area contributed by atoms with E-state index in [2.05, 4.69) is 5.32 Å². The van der Waals surface area contributed by atoms with Gasteiger partial charge in [0.1, 0.15) is 5.82 Å². The fourth-order valence-electron chi connectivity index (χ4n) is 3.08. The van der Waals surface area contributed by atoms with Crippen LogP contribution < -0.4 is 5.32 Å². The molecule has 2 aromatic carbocycles. The number of aryl methyl sites for hydroxylation is 1. The third-order valence-corrected chi connectivity index (χ3v) is 5.21. The normalized spacial score (nSPS) is 13.0. The Labute approximate surface area is 155 Å². The monoisotopic (exact) mass is 377 g/mol. The fraction of sp³-hybridized carbons (Fsp3) is 0.167. The molecule has 2 heterocycles. The molecular weight excluding hydrogens is 365 g/mol. The molecule has 3 nitrogen and oxygen atoms in total. The molecule has 0 unspecified atom stereocenters. The summed E-state index contributed by atoms with van der Waals surface area (Å²) in [6, 6.07) is 11.4. The Morgan fingerprint density at radius 2 is 1.88 bits per heavy atom. The average Bonchev–Trinajstić information content (AvgIpc) is 3.13. The molecule has 0 fully saturated rings. The Hall–Kier alpha value is -1.68. The van der Waals surface area contributed by atoms with Gasteiger partial charge in [-0.1, -0.05) is 40.9 Å². The third kappa shape index (κ3) is 2.57. The van der Waals surface area contributed by atoms with Gasteiger partial charge in [0.15, 0.2) is 0 Å². The maximum absolute atomic E-state index is 6.18. The lowest BCUT2D eigenvalue weighted by molar-refractivity contribution is 0.875. The number of benzene rings is 2. The van der Waals surface area contributed by atoms with Crippen LogP contribution in [0, 0.1) is 6.92 Å². The predicted octanol–water partition coefficient (Wildman–Crippen LogP) is 5.78. The summed E-state index contributed by atoms with van der Waals surface area (Å²) in [6.07, 6.45) is 0.928. The lowest BCUT2D eigenvalue weighted by atomic mass is 10.1. The zero-order chi connectivity index (χ0) is 16.8. The highest BCUT2D eigenvalue weighted by molar-refractivity contribution is 6.42. The second-order valence-electron chi connectivity index (χ2n) is 5.82. The van der Waals surface area contributed by atoms with Crippen molar-refractivity contribution in [2.75, 3.05) is 11.9 Å². The number of nitrogens with one attached hydrogen (secondary N) is 1. The van der Waals surface area contributed by atoms with Gasteiger partial charge in [0.25, 0.3) is 0 Å². The fourth-order valence-corrected chi connectivity index (χ4v) is 3.61. The number of hydrogen-bond donors (Lipinski definition) is 1. The van der Waals surface area contributed by atoms with Gasteiger partial charge >= 0.3 is 0 Å². The van der Waals surface area contributed by atoms with Crippen LogP contribution in [0.5, 0.6) is 0 Å². The second kappa shape index (κ2) is 5.99. The van der Waals surface area contributed by atoms with E-state index in [9.17, 15) is 0 Å². The van der Waals surface area contributed by atoms with Crippen LogP contribution in [0.2, 0.25) is 15.1 Å². The summed E-state index contributed by atoms with van der Waals surface area (Å²) in [7, 11) is 0. The highest BCUT2D eigenvalue weighted by atomic mass is 35.5. The van der Waals surface area contributed by atoms with E-state index in [4.69, 9.17) is 39.9 Å². The minimum atomic E-state index is 0.533. The van der Waals surface area contributed by atoms with E-state index in [1.54, 1.807) is 6.07 Å². The Kier molecular flexibility index (Phi) is 3.95. The molecule has 0 amide bonds. The molecule has 1 aromatic heterocycles. The van der Waals surface area contributed by atoms with Gasteiger partial charge in [0.05, 0.1) is 21.4 Å². The van der Waals surface area contributed by atoms with Gasteiger partial charge in [0, 0.05) is 22.7 Å². The molecule has 1 N–H and O–H groups in total. The van der Waals surface area contributed by atoms with Crippen molar-refractivity contribution in [1.82, 2.24) is 9.78 Å². The summed E-state index contributed by atoms with van der Waals surface area (Å²) < 4.78 is 1.95. The van der Waals surface area contributed by atoms with E-state index in [-0.39, 0.29) is 0 Å². The van der Waals surface area contributed by atoms with Crippen LogP contribution >= 0.6 is 34.8 Å². The van der Waals surface area contributed by atoms with Gasteiger partial charge in [-0.15, -0.1) is 0 Å². The van der Waals surface area contributed by atoms with Crippen molar-refractivity contribution in [2.24, 2.45) is 0 Å². The van der Waals surface area contributed by atoms with Crippen LogP contribution in [0.4, 0.5) is 5.82 Å². The Morgan fingerprint density at radius 3 is 2.62 bits per heavy atom. The van der Waals surface area contributed by atoms with Gasteiger partial charge in [-0.05, 0) is 49.2 Å². The molecule has 0 bridgehead atoms. The first kappa shape index (κ1) is 15.8. The van der Waals surface area contributed by atoms with Crippen molar-refractivity contribution in [2.45, 2.75) is 13.3 Å². The van der Waals surface area contributed by atoms with Crippen LogP contribution in [0.3, 0.4) is 0 Å². The van der Waals surface area contributed by atoms with E-state index in [0.29, 0.717) is 10.0 Å². The van der Waals surface area contributed by atoms with Crippen LogP contribution in [-0.2, 0) is 6.42 Å². The van der Waals surface area contributed by atoms with Crippen molar-refractivity contribution in [3.8, 4) is 16.9 Å². The highest BCUT2D eigenvalue weighted by Crippen LogP contribution is 2.37. The highest BCUT2D eigenvalue weighted by Gasteiger charge is 2.24. The van der Waals surface area contributed by atoms with Gasteiger partial charge in [-0.3, -0.25) is 0 Å². The smallest absolute Gasteiger partial charge is 0.133 e. The molecular formula is C18H14Cl3N3. The molecule has 6 heteroatoms. The maximum atomic E-state index is 6.18. The van der Waals surface area contributed by atoms with Crippen LogP contribution in [0.25, 0.3) is 16.9 Å². The van der Waals surface area contributed by atoms with Gasteiger partial charge in [0.2, 0.25) is 0 Å². The van der Waals surface area contributed by atoms with Crippen molar-refractivity contribution in [3.63, 3.8) is 0 Å². The zero-order valence-electron chi connectivity index (χ0n) is 12.9. The van der Waals surface area contributed by atoms with Gasteiger partial charge in [-0.25, -0.2) is 4.68 Å². The largest absolute Gasteiger partial charge is 0.369 e. The molecule has 0 spiro atoms. The molecule has 24 heavy (non-hydrogen) atoms. The van der Waals surface area contributed by atoms with Crippen LogP contribution in [-0.4, -0.2) is 16.3 Å². The minimum absolute atomic E-state index is 0.533. The number of rotatable bonds is 2. The average molecular weight is 379 g/mol. The first-order valence-corrected chi connectivity index (χ1v) is 8.75. The van der Waals surface area contributed by atoms with E-state index in [0.717, 1.165) is 46.3 Å². The quantitative estimate of drug-likeness (QED) is 0.613. The van der Waals surface area contributed by atoms with Crippen molar-refractivity contribution >= 4 is 40.6 Å². The summed E-state index contributed by atoms with van der Waals surface area (Å²) in [5.41, 5.74) is 5.18. The molecule has 0 radical (unpaired) electrons. The maximum Gasteiger partial charge on any atom is 0.133 e. The number of aromatic nitrogens is 2. The van der Waals surface area contributed by atoms with Crippen molar-refractivity contribution in [1.29, 1.82) is 0 Å². The Balaban J connectivity index is 1.90. The minimum Gasteiger partial charge on any atom is -0.369 e. The molecule has 3 aromatic rings. The van der Waals surface area contributed by atoms with E-state index in [1.165, 1.54) is 5.56 Å². The summed E-state index contributed by atoms with van der Waals surface area (Å²) in [4.78, 5) is 0. The Bertz CT molecular complexity index is 947. The molecule has 122 valence electrons. The first-order chi connectivity index (χ1) is 11.5. The van der Waals surface area contributed by atoms with Crippen LogP contribution in [0.15, 0.2) is 36.4 Å². The molecule has 4 rings (SSSR count). The van der Waals surface area contributed by atoms with E-state index in [1.807, 2.05) is 41.9 Å². The first-order valence-electron chi connectivity index (χ1n) is 7.62. The zero-order valence-corrected chi connectivity index (χ0v) is 15.2. The molecule has 0 saturated heterocycles. The van der Waals surface area contributed by atoms with E-state index < -0.39 is 0 Å². The number of hydrogen-bond acceptors (Lipinski definition) is 2. The predicted molar refractivity (Wildman–Crippen MR) is 101 cm³/mol. The lowest BCUT2D eigenvalue weighted by Gasteiger charge is -2.10. The summed E-state index contributed by atoms with van der Waals surface area (Å²) in [5, 5.41) is 10.1. The van der Waals surface area contributed by atoms with E-state index >= 15 is 0 Å². The third-order valence-electron chi connectivity index (χ3n) is 4.23. The number of halogens is 3. The summed E-state index contributed by atoms with van der Waals surface area (Å²) >= 11 is 18.3. The Morgan fingerprint density at radius 1 is 1.04 bits per heavy atom.